The van der Waals surface area contributed by atoms with Crippen LogP contribution in [0.4, 0.5) is 10.5 Å². The molecule has 0 bridgehead atoms. The monoisotopic (exact) mass is 612 g/mol. The number of fused-ring (bicyclic) bond motifs is 2. The van der Waals surface area contributed by atoms with Gasteiger partial charge in [-0.05, 0) is 86.2 Å². The number of nitrogens with one attached hydrogen (secondary N) is 1. The molecule has 228 valence electrons. The molecule has 2 aliphatic rings. The Balaban J connectivity index is 1.35. The molecule has 1 fully saturated rings. The molecule has 0 unspecified atom stereocenters. The minimum absolute atomic E-state index is 0.178. The molecule has 1 aliphatic heterocycles. The summed E-state index contributed by atoms with van der Waals surface area (Å²) in [7, 11) is 0. The Morgan fingerprint density at radius 3 is 2.66 bits per heavy atom. The first-order chi connectivity index (χ1) is 21.1. The molecule has 4 aromatic rings. The van der Waals surface area contributed by atoms with Gasteiger partial charge < -0.3 is 19.5 Å². The van der Waals surface area contributed by atoms with Crippen molar-refractivity contribution in [1.29, 1.82) is 0 Å². The number of halogens is 1. The predicted octanol–water partition coefficient (Wildman–Crippen LogP) is 5.73. The average Bonchev–Trinajstić information content (AvgIpc) is 3.44. The highest BCUT2D eigenvalue weighted by molar-refractivity contribution is 6.30. The van der Waals surface area contributed by atoms with E-state index >= 15 is 0 Å². The number of nitrogens with zero attached hydrogens (tertiary/aromatic N) is 5. The number of amides is 2. The molecule has 44 heavy (non-hydrogen) atoms. The van der Waals surface area contributed by atoms with Gasteiger partial charge in [-0.1, -0.05) is 35.9 Å². The lowest BCUT2D eigenvalue weighted by Gasteiger charge is -2.44. The van der Waals surface area contributed by atoms with E-state index in [1.54, 1.807) is 17.4 Å². The maximum atomic E-state index is 14.3. The second-order valence-corrected chi connectivity index (χ2v) is 12.8. The number of anilines is 1. The van der Waals surface area contributed by atoms with Crippen LogP contribution in [-0.4, -0.2) is 67.6 Å². The van der Waals surface area contributed by atoms with E-state index < -0.39 is 17.7 Å². The molecule has 6 rings (SSSR count). The number of hydrogen-bond acceptors (Lipinski definition) is 6. The van der Waals surface area contributed by atoms with Gasteiger partial charge in [-0.2, -0.15) is 0 Å². The Kier molecular flexibility index (Phi) is 8.42. The zero-order valence-electron chi connectivity index (χ0n) is 25.2. The lowest BCUT2D eigenvalue weighted by molar-refractivity contribution is -0.124. The van der Waals surface area contributed by atoms with Gasteiger partial charge in [-0.15, -0.1) is 0 Å². The Labute approximate surface area is 262 Å². The normalized spacial score (nSPS) is 18.6. The summed E-state index contributed by atoms with van der Waals surface area (Å²) < 4.78 is 7.69. The van der Waals surface area contributed by atoms with E-state index in [-0.39, 0.29) is 18.5 Å². The number of carbonyl (C=O) groups is 2. The number of hydrogen-bond donors (Lipinski definition) is 1. The van der Waals surface area contributed by atoms with Crippen molar-refractivity contribution in [2.24, 2.45) is 0 Å². The Morgan fingerprint density at radius 1 is 1.02 bits per heavy atom. The second kappa shape index (κ2) is 12.4. The molecular formula is C34H37ClN6O3. The molecule has 1 N–H and O–H groups in total. The number of rotatable bonds is 5. The fraction of sp³-hybridized carbons (Fsp3) is 0.353. The van der Waals surface area contributed by atoms with Crippen LogP contribution in [0.1, 0.15) is 54.8 Å². The zero-order valence-corrected chi connectivity index (χ0v) is 26.0. The first kappa shape index (κ1) is 29.8. The summed E-state index contributed by atoms with van der Waals surface area (Å²) in [5.41, 5.74) is 5.37. The molecule has 10 heteroatoms. The molecule has 2 amide bonds. The SMILES string of the molecule is CC(C)(C)OC(=O)N1CCN([C@@H]2c3ccc(Cl)cc3CCc3cccnc32)[C@@H](C(=O)Nc2cccc(Cn3ccnc3)c2)C1. The largest absolute Gasteiger partial charge is 0.444 e. The van der Waals surface area contributed by atoms with E-state index in [0.29, 0.717) is 30.3 Å². The zero-order chi connectivity index (χ0) is 30.8. The van der Waals surface area contributed by atoms with E-state index in [2.05, 4.69) is 27.3 Å². The molecule has 9 nitrogen and oxygen atoms in total. The lowest BCUT2D eigenvalue weighted by Crippen LogP contribution is -2.60. The highest BCUT2D eigenvalue weighted by Gasteiger charge is 2.42. The van der Waals surface area contributed by atoms with Crippen LogP contribution in [0.15, 0.2) is 79.5 Å². The van der Waals surface area contributed by atoms with Crippen LogP contribution in [-0.2, 0) is 28.9 Å². The number of imidazole rings is 1. The Hall–Kier alpha value is -4.21. The summed E-state index contributed by atoms with van der Waals surface area (Å²) in [5.74, 6) is -0.199. The van der Waals surface area contributed by atoms with Crippen molar-refractivity contribution >= 4 is 29.3 Å². The van der Waals surface area contributed by atoms with E-state index in [4.69, 9.17) is 21.3 Å². The molecular weight excluding hydrogens is 576 g/mol. The minimum atomic E-state index is -0.671. The molecule has 1 saturated heterocycles. The van der Waals surface area contributed by atoms with Crippen LogP contribution in [0.25, 0.3) is 0 Å². The summed E-state index contributed by atoms with van der Waals surface area (Å²) in [5, 5.41) is 3.84. The number of ether oxygens (including phenoxy) is 1. The van der Waals surface area contributed by atoms with E-state index in [9.17, 15) is 9.59 Å². The third-order valence-electron chi connectivity index (χ3n) is 8.08. The van der Waals surface area contributed by atoms with Crippen molar-refractivity contribution < 1.29 is 14.3 Å². The van der Waals surface area contributed by atoms with E-state index in [1.807, 2.05) is 80.2 Å². The third kappa shape index (κ3) is 6.64. The highest BCUT2D eigenvalue weighted by Crippen LogP contribution is 2.39. The molecule has 2 atom stereocenters. The number of pyridine rings is 1. The third-order valence-corrected chi connectivity index (χ3v) is 8.31. The minimum Gasteiger partial charge on any atom is -0.444 e. The fourth-order valence-electron chi connectivity index (χ4n) is 6.11. The molecule has 2 aromatic heterocycles. The molecule has 0 spiro atoms. The topological polar surface area (TPSA) is 92.6 Å². The average molecular weight is 613 g/mol. The second-order valence-electron chi connectivity index (χ2n) is 12.4. The van der Waals surface area contributed by atoms with Gasteiger partial charge in [0, 0.05) is 55.5 Å². The van der Waals surface area contributed by atoms with E-state index in [0.717, 1.165) is 40.8 Å². The lowest BCUT2D eigenvalue weighted by atomic mass is 9.94. The van der Waals surface area contributed by atoms with Gasteiger partial charge >= 0.3 is 6.09 Å². The highest BCUT2D eigenvalue weighted by atomic mass is 35.5. The maximum Gasteiger partial charge on any atom is 0.410 e. The molecule has 2 aromatic carbocycles. The van der Waals surface area contributed by atoms with Gasteiger partial charge in [-0.25, -0.2) is 9.78 Å². The number of aryl methyl sites for hydroxylation is 2. The molecule has 0 saturated carbocycles. The standard InChI is InChI=1S/C34H37ClN6O3/c1-34(2,3)44-33(43)40-16-17-41(31-28-12-11-26(35)19-25(28)10-9-24-7-5-13-37-30(24)31)29(21-40)32(42)38-27-8-4-6-23(18-27)20-39-15-14-36-22-39/h4-8,11-15,18-19,22,29,31H,9-10,16-17,20-21H2,1-3H3,(H,38,42)/t29-,31-/m1/s1. The first-order valence-electron chi connectivity index (χ1n) is 15.0. The van der Waals surface area contributed by atoms with Crippen molar-refractivity contribution in [2.75, 3.05) is 25.0 Å². The number of carbonyl (C=O) groups excluding carboxylic acids is 2. The van der Waals surface area contributed by atoms with Gasteiger partial charge in [0.15, 0.2) is 0 Å². The van der Waals surface area contributed by atoms with Crippen molar-refractivity contribution in [3.05, 3.63) is 112 Å². The van der Waals surface area contributed by atoms with Crippen LogP contribution in [0.2, 0.25) is 5.02 Å². The molecule has 3 heterocycles. The Bertz CT molecular complexity index is 1650. The van der Waals surface area contributed by atoms with Crippen LogP contribution < -0.4 is 5.32 Å². The number of piperazine rings is 1. The van der Waals surface area contributed by atoms with Gasteiger partial charge in [0.2, 0.25) is 5.91 Å². The van der Waals surface area contributed by atoms with E-state index in [1.165, 1.54) is 0 Å². The summed E-state index contributed by atoms with van der Waals surface area (Å²) in [4.78, 5) is 40.3. The predicted molar refractivity (Wildman–Crippen MR) is 170 cm³/mol. The molecule has 0 radical (unpaired) electrons. The first-order valence-corrected chi connectivity index (χ1v) is 15.3. The number of aromatic nitrogens is 3. The van der Waals surface area contributed by atoms with Crippen LogP contribution >= 0.6 is 11.6 Å². The molecule has 1 aliphatic carbocycles. The summed E-state index contributed by atoms with van der Waals surface area (Å²) in [6.45, 7) is 7.23. The smallest absolute Gasteiger partial charge is 0.410 e. The summed E-state index contributed by atoms with van der Waals surface area (Å²) in [6, 6.07) is 16.9. The van der Waals surface area contributed by atoms with Gasteiger partial charge in [0.25, 0.3) is 0 Å². The van der Waals surface area contributed by atoms with Crippen LogP contribution in [0.5, 0.6) is 0 Å². The van der Waals surface area contributed by atoms with Crippen LogP contribution in [0, 0.1) is 0 Å². The summed E-state index contributed by atoms with van der Waals surface area (Å²) in [6.07, 6.45) is 8.44. The summed E-state index contributed by atoms with van der Waals surface area (Å²) >= 11 is 6.45. The quantitative estimate of drug-likeness (QED) is 0.310. The van der Waals surface area contributed by atoms with Gasteiger partial charge in [-0.3, -0.25) is 14.7 Å². The van der Waals surface area contributed by atoms with Crippen molar-refractivity contribution in [1.82, 2.24) is 24.3 Å². The van der Waals surface area contributed by atoms with Crippen molar-refractivity contribution in [3.63, 3.8) is 0 Å². The maximum absolute atomic E-state index is 14.3. The van der Waals surface area contributed by atoms with Crippen LogP contribution in [0.3, 0.4) is 0 Å². The van der Waals surface area contributed by atoms with Crippen molar-refractivity contribution in [3.8, 4) is 0 Å². The van der Waals surface area contributed by atoms with Gasteiger partial charge in [0.1, 0.15) is 11.6 Å². The Morgan fingerprint density at radius 2 is 1.86 bits per heavy atom. The van der Waals surface area contributed by atoms with Crippen molar-refractivity contribution in [2.45, 2.75) is 57.8 Å². The number of benzene rings is 2. The van der Waals surface area contributed by atoms with Gasteiger partial charge in [0.05, 0.1) is 18.1 Å². The fourth-order valence-corrected chi connectivity index (χ4v) is 6.31.